The lowest BCUT2D eigenvalue weighted by Gasteiger charge is -2.20. The predicted molar refractivity (Wildman–Crippen MR) is 91.4 cm³/mol. The minimum atomic E-state index is 0.0117. The Morgan fingerprint density at radius 3 is 2.45 bits per heavy atom. The van der Waals surface area contributed by atoms with Gasteiger partial charge in [-0.3, -0.25) is 9.59 Å². The standard InChI is InChI=1S/C18H25NO2S/c1-19-18(21)13-22-16-10-8-15(9-11-16)17(20)12-7-14-5-3-2-4-6-14/h8-11,14H,2-7,12-13H2,1H3,(H,19,21). The zero-order valence-corrected chi connectivity index (χ0v) is 14.1. The molecule has 120 valence electrons. The lowest BCUT2D eigenvalue weighted by Crippen LogP contribution is -2.19. The third-order valence-electron chi connectivity index (χ3n) is 4.33. The molecule has 1 aromatic rings. The molecule has 0 saturated heterocycles. The Hall–Kier alpha value is -1.29. The van der Waals surface area contributed by atoms with E-state index in [4.69, 9.17) is 0 Å². The van der Waals surface area contributed by atoms with Crippen molar-refractivity contribution in [1.82, 2.24) is 5.32 Å². The highest BCUT2D eigenvalue weighted by molar-refractivity contribution is 8.00. The first kappa shape index (κ1) is 17.1. The van der Waals surface area contributed by atoms with Gasteiger partial charge in [0.1, 0.15) is 0 Å². The smallest absolute Gasteiger partial charge is 0.230 e. The molecule has 1 fully saturated rings. The summed E-state index contributed by atoms with van der Waals surface area (Å²) in [5.74, 6) is 1.41. The van der Waals surface area contributed by atoms with Crippen molar-refractivity contribution < 1.29 is 9.59 Å². The van der Waals surface area contributed by atoms with Gasteiger partial charge in [-0.1, -0.05) is 44.2 Å². The summed E-state index contributed by atoms with van der Waals surface area (Å²) in [4.78, 5) is 24.5. The fourth-order valence-corrected chi connectivity index (χ4v) is 3.68. The molecule has 1 amide bonds. The zero-order chi connectivity index (χ0) is 15.8. The molecule has 4 heteroatoms. The Morgan fingerprint density at radius 2 is 1.82 bits per heavy atom. The molecule has 1 aromatic carbocycles. The van der Waals surface area contributed by atoms with Crippen LogP contribution in [0.15, 0.2) is 29.2 Å². The molecule has 0 aromatic heterocycles. The van der Waals surface area contributed by atoms with Crippen molar-refractivity contribution in [1.29, 1.82) is 0 Å². The number of nitrogens with one attached hydrogen (secondary N) is 1. The van der Waals surface area contributed by atoms with Gasteiger partial charge < -0.3 is 5.32 Å². The SMILES string of the molecule is CNC(=O)CSc1ccc(C(=O)CCC2CCCCC2)cc1. The van der Waals surface area contributed by atoms with Gasteiger partial charge >= 0.3 is 0 Å². The second-order valence-electron chi connectivity index (χ2n) is 5.95. The summed E-state index contributed by atoms with van der Waals surface area (Å²) in [5.41, 5.74) is 0.792. The molecule has 0 radical (unpaired) electrons. The van der Waals surface area contributed by atoms with E-state index in [1.807, 2.05) is 24.3 Å². The van der Waals surface area contributed by atoms with Crippen molar-refractivity contribution in [2.75, 3.05) is 12.8 Å². The first-order valence-corrected chi connectivity index (χ1v) is 9.14. The predicted octanol–water partition coefficient (Wildman–Crippen LogP) is 4.07. The molecule has 1 aliphatic rings. The van der Waals surface area contributed by atoms with Gasteiger partial charge in [0.25, 0.3) is 0 Å². The van der Waals surface area contributed by atoms with Crippen LogP contribution >= 0.6 is 11.8 Å². The van der Waals surface area contributed by atoms with E-state index in [1.165, 1.54) is 43.9 Å². The van der Waals surface area contributed by atoms with Crippen LogP contribution in [-0.2, 0) is 4.79 Å². The highest BCUT2D eigenvalue weighted by atomic mass is 32.2. The van der Waals surface area contributed by atoms with Crippen LogP contribution in [0.2, 0.25) is 0 Å². The van der Waals surface area contributed by atoms with Crippen molar-refractivity contribution >= 4 is 23.5 Å². The van der Waals surface area contributed by atoms with Crippen LogP contribution in [0.5, 0.6) is 0 Å². The molecular formula is C18H25NO2S. The van der Waals surface area contributed by atoms with E-state index in [2.05, 4.69) is 5.32 Å². The van der Waals surface area contributed by atoms with Crippen molar-refractivity contribution in [3.05, 3.63) is 29.8 Å². The average Bonchev–Trinajstić information content (AvgIpc) is 2.59. The second-order valence-corrected chi connectivity index (χ2v) is 7.00. The number of amides is 1. The monoisotopic (exact) mass is 319 g/mol. The summed E-state index contributed by atoms with van der Waals surface area (Å²) in [6.07, 6.45) is 8.30. The summed E-state index contributed by atoms with van der Waals surface area (Å²) in [6.45, 7) is 0. The fraction of sp³-hybridized carbons (Fsp3) is 0.556. The van der Waals surface area contributed by atoms with Gasteiger partial charge in [-0.25, -0.2) is 0 Å². The number of carbonyl (C=O) groups excluding carboxylic acids is 2. The normalized spacial score (nSPS) is 15.5. The summed E-state index contributed by atoms with van der Waals surface area (Å²) < 4.78 is 0. The van der Waals surface area contributed by atoms with Crippen molar-refractivity contribution in [3.63, 3.8) is 0 Å². The number of hydrogen-bond donors (Lipinski definition) is 1. The van der Waals surface area contributed by atoms with Gasteiger partial charge in [0, 0.05) is 23.9 Å². The number of hydrogen-bond acceptors (Lipinski definition) is 3. The highest BCUT2D eigenvalue weighted by Crippen LogP contribution is 2.28. The number of ketones is 1. The number of benzene rings is 1. The van der Waals surface area contributed by atoms with Crippen LogP contribution in [-0.4, -0.2) is 24.5 Å². The largest absolute Gasteiger partial charge is 0.358 e. The summed E-state index contributed by atoms with van der Waals surface area (Å²) in [6, 6.07) is 7.63. The maximum Gasteiger partial charge on any atom is 0.230 e. The average molecular weight is 319 g/mol. The van der Waals surface area contributed by atoms with Gasteiger partial charge in [-0.2, -0.15) is 0 Å². The van der Waals surface area contributed by atoms with E-state index >= 15 is 0 Å². The molecule has 0 spiro atoms. The topological polar surface area (TPSA) is 46.2 Å². The quantitative estimate of drug-likeness (QED) is 0.609. The van der Waals surface area contributed by atoms with Gasteiger partial charge in [0.05, 0.1) is 5.75 Å². The Balaban J connectivity index is 1.78. The molecule has 0 unspecified atom stereocenters. The molecule has 1 saturated carbocycles. The molecule has 1 N–H and O–H groups in total. The Labute approximate surface area is 137 Å². The third kappa shape index (κ3) is 5.48. The van der Waals surface area contributed by atoms with Crippen molar-refractivity contribution in [3.8, 4) is 0 Å². The van der Waals surface area contributed by atoms with Crippen LogP contribution in [0.3, 0.4) is 0 Å². The number of Topliss-reactive ketones (excluding diaryl/α,β-unsaturated/α-hetero) is 1. The first-order valence-electron chi connectivity index (χ1n) is 8.15. The summed E-state index contributed by atoms with van der Waals surface area (Å²) in [5, 5.41) is 2.60. The lowest BCUT2D eigenvalue weighted by molar-refractivity contribution is -0.118. The summed E-state index contributed by atoms with van der Waals surface area (Å²) in [7, 11) is 1.64. The highest BCUT2D eigenvalue weighted by Gasteiger charge is 2.15. The van der Waals surface area contributed by atoms with E-state index in [1.54, 1.807) is 7.05 Å². The van der Waals surface area contributed by atoms with E-state index in [0.717, 1.165) is 22.8 Å². The maximum atomic E-state index is 12.2. The Bertz CT molecular complexity index is 492. The molecule has 0 bridgehead atoms. The van der Waals surface area contributed by atoms with Crippen molar-refractivity contribution in [2.24, 2.45) is 5.92 Å². The lowest BCUT2D eigenvalue weighted by atomic mass is 9.85. The van der Waals surface area contributed by atoms with Crippen LogP contribution in [0, 0.1) is 5.92 Å². The molecule has 2 rings (SSSR count). The minimum absolute atomic E-state index is 0.0117. The third-order valence-corrected chi connectivity index (χ3v) is 5.34. The molecule has 0 aliphatic heterocycles. The number of thioether (sulfide) groups is 1. The van der Waals surface area contributed by atoms with E-state index < -0.39 is 0 Å². The van der Waals surface area contributed by atoms with Gasteiger partial charge in [-0.15, -0.1) is 11.8 Å². The number of carbonyl (C=O) groups is 2. The molecule has 1 aliphatic carbocycles. The Morgan fingerprint density at radius 1 is 1.14 bits per heavy atom. The minimum Gasteiger partial charge on any atom is -0.358 e. The van der Waals surface area contributed by atoms with Gasteiger partial charge in [-0.05, 0) is 24.5 Å². The first-order chi connectivity index (χ1) is 10.7. The Kier molecular flexibility index (Phi) is 6.97. The van der Waals surface area contributed by atoms with Crippen LogP contribution in [0.1, 0.15) is 55.3 Å². The van der Waals surface area contributed by atoms with E-state index in [9.17, 15) is 9.59 Å². The number of rotatable bonds is 7. The van der Waals surface area contributed by atoms with Gasteiger partial charge in [0.2, 0.25) is 5.91 Å². The van der Waals surface area contributed by atoms with Crippen LogP contribution in [0.4, 0.5) is 0 Å². The molecular weight excluding hydrogens is 294 g/mol. The van der Waals surface area contributed by atoms with Gasteiger partial charge in [0.15, 0.2) is 5.78 Å². The molecule has 0 atom stereocenters. The molecule has 3 nitrogen and oxygen atoms in total. The summed E-state index contributed by atoms with van der Waals surface area (Å²) >= 11 is 1.49. The zero-order valence-electron chi connectivity index (χ0n) is 13.3. The second kappa shape index (κ2) is 8.99. The van der Waals surface area contributed by atoms with Crippen molar-refractivity contribution in [2.45, 2.75) is 49.8 Å². The molecule has 22 heavy (non-hydrogen) atoms. The van der Waals surface area contributed by atoms with Crippen LogP contribution in [0.25, 0.3) is 0 Å². The fourth-order valence-electron chi connectivity index (χ4n) is 2.91. The van der Waals surface area contributed by atoms with Crippen LogP contribution < -0.4 is 5.32 Å². The maximum absolute atomic E-state index is 12.2. The van der Waals surface area contributed by atoms with E-state index in [-0.39, 0.29) is 11.7 Å². The molecule has 0 heterocycles. The van der Waals surface area contributed by atoms with E-state index in [0.29, 0.717) is 12.2 Å².